The van der Waals surface area contributed by atoms with Crippen LogP contribution in [0.2, 0.25) is 0 Å². The van der Waals surface area contributed by atoms with Crippen LogP contribution >= 0.6 is 0 Å². The first-order chi connectivity index (χ1) is 12.5. The number of esters is 1. The number of methoxy groups -OCH3 is 2. The average molecular weight is 365 g/mol. The molecule has 0 aliphatic carbocycles. The Bertz CT molecular complexity index is 542. The van der Waals surface area contributed by atoms with Crippen molar-refractivity contribution >= 4 is 11.9 Å². The minimum Gasteiger partial charge on any atom is -0.497 e. The molecule has 0 saturated heterocycles. The molecule has 0 spiro atoms. The van der Waals surface area contributed by atoms with Gasteiger partial charge in [-0.15, -0.1) is 0 Å². The third-order valence-electron chi connectivity index (χ3n) is 4.01. The minimum absolute atomic E-state index is 0.0490. The summed E-state index contributed by atoms with van der Waals surface area (Å²) in [5.74, 6) is 1.78. The lowest BCUT2D eigenvalue weighted by Gasteiger charge is -2.23. The Balaban J connectivity index is 2.39. The van der Waals surface area contributed by atoms with E-state index in [0.717, 1.165) is 17.9 Å². The lowest BCUT2D eigenvalue weighted by atomic mass is 10.1. The van der Waals surface area contributed by atoms with E-state index in [0.29, 0.717) is 38.5 Å². The predicted octanol–water partition coefficient (Wildman–Crippen LogP) is 3.29. The van der Waals surface area contributed by atoms with Crippen LogP contribution in [0.3, 0.4) is 0 Å². The zero-order valence-corrected chi connectivity index (χ0v) is 16.3. The van der Waals surface area contributed by atoms with Crippen LogP contribution in [-0.2, 0) is 14.3 Å². The second kappa shape index (κ2) is 12.2. The molecule has 0 atom stereocenters. The van der Waals surface area contributed by atoms with Gasteiger partial charge in [0.2, 0.25) is 5.91 Å². The number of ether oxygens (including phenoxy) is 3. The zero-order valence-electron chi connectivity index (χ0n) is 16.3. The van der Waals surface area contributed by atoms with Gasteiger partial charge < -0.3 is 19.1 Å². The molecule has 0 heterocycles. The van der Waals surface area contributed by atoms with Gasteiger partial charge in [-0.25, -0.2) is 0 Å². The quantitative estimate of drug-likeness (QED) is 0.420. The Kier molecular flexibility index (Phi) is 10.2. The van der Waals surface area contributed by atoms with Gasteiger partial charge in [0.1, 0.15) is 11.5 Å². The molecule has 0 unspecified atom stereocenters. The van der Waals surface area contributed by atoms with Crippen molar-refractivity contribution in [1.29, 1.82) is 0 Å². The standard InChI is InChI=1S/C20H31NO5/c1-16(2)11-13-21(14-12-20(23)25-4)19(22)6-5-15-26-18-9-7-17(24-3)8-10-18/h7-10,16H,5-6,11-15H2,1-4H3. The van der Waals surface area contributed by atoms with E-state index in [1.807, 2.05) is 24.3 Å². The first-order valence-corrected chi connectivity index (χ1v) is 9.07. The first-order valence-electron chi connectivity index (χ1n) is 9.07. The summed E-state index contributed by atoms with van der Waals surface area (Å²) in [4.78, 5) is 25.6. The van der Waals surface area contributed by atoms with Crippen LogP contribution in [-0.4, -0.2) is 50.7 Å². The second-order valence-corrected chi connectivity index (χ2v) is 6.52. The SMILES string of the molecule is COC(=O)CCN(CCC(C)C)C(=O)CCCOc1ccc(OC)cc1. The van der Waals surface area contributed by atoms with Crippen molar-refractivity contribution in [3.8, 4) is 11.5 Å². The van der Waals surface area contributed by atoms with E-state index in [9.17, 15) is 9.59 Å². The van der Waals surface area contributed by atoms with Gasteiger partial charge in [0.15, 0.2) is 0 Å². The first kappa shape index (κ1) is 21.8. The molecule has 0 aliphatic heterocycles. The molecule has 0 aromatic heterocycles. The predicted molar refractivity (Wildman–Crippen MR) is 100 cm³/mol. The van der Waals surface area contributed by atoms with Crippen LogP contribution in [0.1, 0.15) is 39.5 Å². The van der Waals surface area contributed by atoms with Crippen LogP contribution in [0.15, 0.2) is 24.3 Å². The summed E-state index contributed by atoms with van der Waals surface area (Å²) in [5.41, 5.74) is 0. The van der Waals surface area contributed by atoms with Crippen LogP contribution < -0.4 is 9.47 Å². The number of rotatable bonds is 12. The molecule has 146 valence electrons. The van der Waals surface area contributed by atoms with Crippen molar-refractivity contribution in [1.82, 2.24) is 4.90 Å². The van der Waals surface area contributed by atoms with Gasteiger partial charge in [-0.2, -0.15) is 0 Å². The topological polar surface area (TPSA) is 65.1 Å². The number of hydrogen-bond donors (Lipinski definition) is 0. The van der Waals surface area contributed by atoms with Crippen molar-refractivity contribution in [3.63, 3.8) is 0 Å². The maximum Gasteiger partial charge on any atom is 0.307 e. The van der Waals surface area contributed by atoms with E-state index >= 15 is 0 Å². The van der Waals surface area contributed by atoms with Crippen LogP contribution in [0.5, 0.6) is 11.5 Å². The fraction of sp³-hybridized carbons (Fsp3) is 0.600. The monoisotopic (exact) mass is 365 g/mol. The van der Waals surface area contributed by atoms with Gasteiger partial charge in [0.25, 0.3) is 0 Å². The van der Waals surface area contributed by atoms with E-state index in [4.69, 9.17) is 9.47 Å². The van der Waals surface area contributed by atoms with Gasteiger partial charge in [-0.3, -0.25) is 9.59 Å². The molecule has 0 aliphatic rings. The smallest absolute Gasteiger partial charge is 0.307 e. The molecule has 26 heavy (non-hydrogen) atoms. The molecule has 1 amide bonds. The normalized spacial score (nSPS) is 10.5. The number of carbonyl (C=O) groups is 2. The Morgan fingerprint density at radius 1 is 1.00 bits per heavy atom. The van der Waals surface area contributed by atoms with Gasteiger partial charge in [0, 0.05) is 19.5 Å². The van der Waals surface area contributed by atoms with Crippen molar-refractivity contribution < 1.29 is 23.8 Å². The summed E-state index contributed by atoms with van der Waals surface area (Å²) in [5, 5.41) is 0. The van der Waals surface area contributed by atoms with E-state index in [-0.39, 0.29) is 18.3 Å². The van der Waals surface area contributed by atoms with Crippen LogP contribution in [0, 0.1) is 5.92 Å². The molecule has 0 radical (unpaired) electrons. The van der Waals surface area contributed by atoms with Gasteiger partial charge in [0.05, 0.1) is 27.2 Å². The third-order valence-corrected chi connectivity index (χ3v) is 4.01. The lowest BCUT2D eigenvalue weighted by molar-refractivity contribution is -0.141. The minimum atomic E-state index is -0.296. The molecule has 1 aromatic carbocycles. The van der Waals surface area contributed by atoms with E-state index in [1.165, 1.54) is 7.11 Å². The summed E-state index contributed by atoms with van der Waals surface area (Å²) in [6.45, 7) is 5.76. The van der Waals surface area contributed by atoms with Gasteiger partial charge in [-0.1, -0.05) is 13.8 Å². The fourth-order valence-electron chi connectivity index (χ4n) is 2.35. The highest BCUT2D eigenvalue weighted by Gasteiger charge is 2.15. The summed E-state index contributed by atoms with van der Waals surface area (Å²) in [6, 6.07) is 7.35. The maximum atomic E-state index is 12.5. The summed E-state index contributed by atoms with van der Waals surface area (Å²) in [6.07, 6.45) is 2.16. The highest BCUT2D eigenvalue weighted by Crippen LogP contribution is 2.17. The van der Waals surface area contributed by atoms with Crippen molar-refractivity contribution in [2.45, 2.75) is 39.5 Å². The Morgan fingerprint density at radius 3 is 2.23 bits per heavy atom. The molecular weight excluding hydrogens is 334 g/mol. The van der Waals surface area contributed by atoms with Gasteiger partial charge >= 0.3 is 5.97 Å². The molecule has 0 fully saturated rings. The average Bonchev–Trinajstić information content (AvgIpc) is 2.65. The largest absolute Gasteiger partial charge is 0.497 e. The highest BCUT2D eigenvalue weighted by molar-refractivity contribution is 5.77. The Hall–Kier alpha value is -2.24. The molecule has 6 nitrogen and oxygen atoms in total. The number of hydrogen-bond acceptors (Lipinski definition) is 5. The van der Waals surface area contributed by atoms with Crippen LogP contribution in [0.4, 0.5) is 0 Å². The number of nitrogens with zero attached hydrogens (tertiary/aromatic N) is 1. The molecule has 1 aromatic rings. The molecule has 1 rings (SSSR count). The van der Waals surface area contributed by atoms with Crippen LogP contribution in [0.25, 0.3) is 0 Å². The van der Waals surface area contributed by atoms with Crippen molar-refractivity contribution in [3.05, 3.63) is 24.3 Å². The van der Waals surface area contributed by atoms with Gasteiger partial charge in [-0.05, 0) is 43.0 Å². The summed E-state index contributed by atoms with van der Waals surface area (Å²) in [7, 11) is 2.98. The Labute approximate surface area is 156 Å². The maximum absolute atomic E-state index is 12.5. The zero-order chi connectivity index (χ0) is 19.4. The number of amides is 1. The molecule has 0 saturated carbocycles. The summed E-state index contributed by atoms with van der Waals surface area (Å²) >= 11 is 0. The lowest BCUT2D eigenvalue weighted by Crippen LogP contribution is -2.34. The number of benzene rings is 1. The number of carbonyl (C=O) groups excluding carboxylic acids is 2. The second-order valence-electron chi connectivity index (χ2n) is 6.52. The molecule has 6 heteroatoms. The molecule has 0 bridgehead atoms. The van der Waals surface area contributed by atoms with E-state index < -0.39 is 0 Å². The van der Waals surface area contributed by atoms with E-state index in [1.54, 1.807) is 12.0 Å². The molecule has 0 N–H and O–H groups in total. The van der Waals surface area contributed by atoms with E-state index in [2.05, 4.69) is 18.6 Å². The van der Waals surface area contributed by atoms with Crippen molar-refractivity contribution in [2.75, 3.05) is 33.9 Å². The fourth-order valence-corrected chi connectivity index (χ4v) is 2.35. The third kappa shape index (κ3) is 8.74. The highest BCUT2D eigenvalue weighted by atomic mass is 16.5. The summed E-state index contributed by atoms with van der Waals surface area (Å²) < 4.78 is 15.4. The Morgan fingerprint density at radius 2 is 1.65 bits per heavy atom. The molecular formula is C20H31NO5. The van der Waals surface area contributed by atoms with Crippen molar-refractivity contribution in [2.24, 2.45) is 5.92 Å².